The van der Waals surface area contributed by atoms with E-state index >= 15 is 0 Å². The first-order valence-electron chi connectivity index (χ1n) is 11.5. The Morgan fingerprint density at radius 1 is 1.17 bits per heavy atom. The van der Waals surface area contributed by atoms with Crippen LogP contribution >= 0.6 is 0 Å². The molecule has 0 spiro atoms. The Morgan fingerprint density at radius 3 is 2.69 bits per heavy atom. The standard InChI is InChI=1S/C24H31N3O7S/c1-5-24(28)26-11-10-19(16-26)34-18-7-9-21-20(15-18)27(12-13-33-21)17-6-8-22(31-3)23(14-17)35(29,30)25(2)32-4/h6-9,14-15,19H,5,10-13,16H2,1-4H3. The summed E-state index contributed by atoms with van der Waals surface area (Å²) in [7, 11) is 0.0996. The number of likely N-dealkylation sites (tertiary alicyclic amines) is 1. The first kappa shape index (κ1) is 25.1. The number of rotatable bonds is 8. The zero-order valence-corrected chi connectivity index (χ0v) is 21.2. The van der Waals surface area contributed by atoms with Crippen LogP contribution in [0.25, 0.3) is 0 Å². The summed E-state index contributed by atoms with van der Waals surface area (Å²) in [5.41, 5.74) is 1.43. The summed E-state index contributed by atoms with van der Waals surface area (Å²) >= 11 is 0. The van der Waals surface area contributed by atoms with Gasteiger partial charge < -0.3 is 24.0 Å². The predicted molar refractivity (Wildman–Crippen MR) is 130 cm³/mol. The maximum Gasteiger partial charge on any atom is 0.268 e. The molecule has 11 heteroatoms. The number of nitrogens with zero attached hydrogens (tertiary/aromatic N) is 3. The number of sulfonamides is 1. The molecule has 1 saturated heterocycles. The van der Waals surface area contributed by atoms with Crippen molar-refractivity contribution in [3.8, 4) is 17.2 Å². The van der Waals surface area contributed by atoms with Crippen LogP contribution in [-0.4, -0.2) is 77.3 Å². The second-order valence-corrected chi connectivity index (χ2v) is 10.2. The Hall–Kier alpha value is -3.02. The average molecular weight is 506 g/mol. The first-order chi connectivity index (χ1) is 16.8. The molecule has 0 bridgehead atoms. The highest BCUT2D eigenvalue weighted by atomic mass is 32.2. The Kier molecular flexibility index (Phi) is 7.39. The van der Waals surface area contributed by atoms with Crippen molar-refractivity contribution in [3.05, 3.63) is 36.4 Å². The van der Waals surface area contributed by atoms with E-state index in [4.69, 9.17) is 19.0 Å². The largest absolute Gasteiger partial charge is 0.495 e. The molecule has 0 radical (unpaired) electrons. The SMILES string of the molecule is CCC(=O)N1CCC(Oc2ccc3c(c2)N(c2ccc(OC)c(S(=O)(=O)N(C)OC)c2)CCO3)C1. The minimum Gasteiger partial charge on any atom is -0.495 e. The van der Waals surface area contributed by atoms with Gasteiger partial charge in [-0.1, -0.05) is 11.4 Å². The maximum absolute atomic E-state index is 13.0. The lowest BCUT2D eigenvalue weighted by molar-refractivity contribution is -0.130. The quantitative estimate of drug-likeness (QED) is 0.505. The number of methoxy groups -OCH3 is 1. The third-order valence-electron chi connectivity index (χ3n) is 6.23. The highest BCUT2D eigenvalue weighted by Gasteiger charge is 2.29. The Balaban J connectivity index is 1.63. The van der Waals surface area contributed by atoms with E-state index in [2.05, 4.69) is 0 Å². The molecule has 1 atom stereocenters. The van der Waals surface area contributed by atoms with Gasteiger partial charge in [0.25, 0.3) is 10.0 Å². The molecule has 4 rings (SSSR count). The first-order valence-corrected chi connectivity index (χ1v) is 12.9. The molecule has 2 aliphatic rings. The lowest BCUT2D eigenvalue weighted by atomic mass is 10.2. The molecule has 2 aromatic rings. The van der Waals surface area contributed by atoms with Crippen LogP contribution in [-0.2, 0) is 19.7 Å². The third-order valence-corrected chi connectivity index (χ3v) is 7.93. The van der Waals surface area contributed by atoms with Crippen molar-refractivity contribution in [3.63, 3.8) is 0 Å². The fourth-order valence-corrected chi connectivity index (χ4v) is 5.43. The molecule has 0 aromatic heterocycles. The van der Waals surface area contributed by atoms with Crippen LogP contribution in [0.5, 0.6) is 17.2 Å². The fourth-order valence-electron chi connectivity index (χ4n) is 4.28. The zero-order chi connectivity index (χ0) is 25.2. The van der Waals surface area contributed by atoms with Crippen molar-refractivity contribution < 1.29 is 32.3 Å². The van der Waals surface area contributed by atoms with Gasteiger partial charge in [-0.2, -0.15) is 0 Å². The number of carbonyl (C=O) groups is 1. The fraction of sp³-hybridized carbons (Fsp3) is 0.458. The molecular weight excluding hydrogens is 474 g/mol. The van der Waals surface area contributed by atoms with Gasteiger partial charge in [-0.05, 0) is 30.3 Å². The van der Waals surface area contributed by atoms with E-state index in [1.165, 1.54) is 21.3 Å². The Labute approximate surface area is 205 Å². The lowest BCUT2D eigenvalue weighted by Gasteiger charge is -2.32. The smallest absolute Gasteiger partial charge is 0.268 e. The molecule has 1 fully saturated rings. The summed E-state index contributed by atoms with van der Waals surface area (Å²) in [6, 6.07) is 10.6. The zero-order valence-electron chi connectivity index (χ0n) is 20.4. The van der Waals surface area contributed by atoms with Gasteiger partial charge in [0.1, 0.15) is 34.9 Å². The number of carbonyl (C=O) groups excluding carboxylic acids is 1. The van der Waals surface area contributed by atoms with E-state index in [0.717, 1.165) is 16.6 Å². The lowest BCUT2D eigenvalue weighted by Crippen LogP contribution is -2.30. The van der Waals surface area contributed by atoms with E-state index in [9.17, 15) is 13.2 Å². The van der Waals surface area contributed by atoms with Crippen molar-refractivity contribution in [1.29, 1.82) is 0 Å². The summed E-state index contributed by atoms with van der Waals surface area (Å²) < 4.78 is 44.1. The maximum atomic E-state index is 13.0. The van der Waals surface area contributed by atoms with Crippen LogP contribution in [0.2, 0.25) is 0 Å². The molecule has 190 valence electrons. The van der Waals surface area contributed by atoms with Crippen LogP contribution in [0.1, 0.15) is 19.8 Å². The number of hydrogen-bond donors (Lipinski definition) is 0. The summed E-state index contributed by atoms with van der Waals surface area (Å²) in [6.45, 7) is 4.07. The van der Waals surface area contributed by atoms with Crippen molar-refractivity contribution in [2.24, 2.45) is 0 Å². The molecule has 2 aromatic carbocycles. The number of hydroxylamine groups is 1. The van der Waals surface area contributed by atoms with E-state index < -0.39 is 10.0 Å². The summed E-state index contributed by atoms with van der Waals surface area (Å²) in [4.78, 5) is 20.7. The number of anilines is 2. The van der Waals surface area contributed by atoms with E-state index in [0.29, 0.717) is 49.8 Å². The molecule has 2 aliphatic heterocycles. The summed E-state index contributed by atoms with van der Waals surface area (Å²) in [5.74, 6) is 1.68. The molecule has 0 N–H and O–H groups in total. The summed E-state index contributed by atoms with van der Waals surface area (Å²) in [6.07, 6.45) is 1.18. The number of benzene rings is 2. The molecule has 1 amide bonds. The predicted octanol–water partition coefficient (Wildman–Crippen LogP) is 2.80. The Morgan fingerprint density at radius 2 is 1.97 bits per heavy atom. The van der Waals surface area contributed by atoms with Gasteiger partial charge in [0, 0.05) is 38.2 Å². The minimum absolute atomic E-state index is 0.00562. The van der Waals surface area contributed by atoms with E-state index in [1.807, 2.05) is 34.9 Å². The van der Waals surface area contributed by atoms with Gasteiger partial charge in [-0.15, -0.1) is 0 Å². The second kappa shape index (κ2) is 10.3. The van der Waals surface area contributed by atoms with Crippen LogP contribution < -0.4 is 19.1 Å². The number of hydrogen-bond acceptors (Lipinski definition) is 8. The second-order valence-electron chi connectivity index (χ2n) is 8.28. The van der Waals surface area contributed by atoms with Crippen LogP contribution in [0.3, 0.4) is 0 Å². The molecule has 0 saturated carbocycles. The molecule has 10 nitrogen and oxygen atoms in total. The molecular formula is C24H31N3O7S. The van der Waals surface area contributed by atoms with Crippen molar-refractivity contribution >= 4 is 27.3 Å². The Bertz CT molecular complexity index is 1190. The minimum atomic E-state index is -3.94. The van der Waals surface area contributed by atoms with Gasteiger partial charge in [0.2, 0.25) is 5.91 Å². The van der Waals surface area contributed by atoms with Gasteiger partial charge in [-0.25, -0.2) is 8.42 Å². The number of amides is 1. The molecule has 35 heavy (non-hydrogen) atoms. The van der Waals surface area contributed by atoms with E-state index in [1.54, 1.807) is 18.2 Å². The van der Waals surface area contributed by atoms with Gasteiger partial charge in [0.15, 0.2) is 0 Å². The molecule has 2 heterocycles. The summed E-state index contributed by atoms with van der Waals surface area (Å²) in [5, 5.41) is 0. The van der Waals surface area contributed by atoms with E-state index in [-0.39, 0.29) is 22.7 Å². The number of fused-ring (bicyclic) bond motifs is 1. The highest BCUT2D eigenvalue weighted by Crippen LogP contribution is 2.41. The van der Waals surface area contributed by atoms with Crippen LogP contribution in [0, 0.1) is 0 Å². The molecule has 0 aliphatic carbocycles. The molecule has 1 unspecified atom stereocenters. The van der Waals surface area contributed by atoms with Crippen molar-refractivity contribution in [1.82, 2.24) is 9.37 Å². The van der Waals surface area contributed by atoms with Crippen molar-refractivity contribution in [2.45, 2.75) is 30.8 Å². The van der Waals surface area contributed by atoms with Crippen LogP contribution in [0.15, 0.2) is 41.3 Å². The number of ether oxygens (including phenoxy) is 3. The van der Waals surface area contributed by atoms with Gasteiger partial charge in [0.05, 0.1) is 33.0 Å². The average Bonchev–Trinajstić information content (AvgIpc) is 3.35. The normalized spacial score (nSPS) is 17.8. The monoisotopic (exact) mass is 505 g/mol. The highest BCUT2D eigenvalue weighted by molar-refractivity contribution is 7.89. The third kappa shape index (κ3) is 5.02. The van der Waals surface area contributed by atoms with Gasteiger partial charge >= 0.3 is 0 Å². The van der Waals surface area contributed by atoms with Gasteiger partial charge in [-0.3, -0.25) is 9.63 Å². The van der Waals surface area contributed by atoms with Crippen LogP contribution in [0.4, 0.5) is 11.4 Å². The topological polar surface area (TPSA) is 97.9 Å². The van der Waals surface area contributed by atoms with Crippen molar-refractivity contribution in [2.75, 3.05) is 52.4 Å².